The number of aromatic nitrogens is 4. The molecule has 4 aromatic rings. The summed E-state index contributed by atoms with van der Waals surface area (Å²) in [5.74, 6) is -0.500. The highest BCUT2D eigenvalue weighted by Crippen LogP contribution is 2.35. The molecule has 0 unspecified atom stereocenters. The van der Waals surface area contributed by atoms with Crippen LogP contribution in [0, 0.1) is 6.92 Å². The second-order valence-corrected chi connectivity index (χ2v) is 9.90. The molecule has 10 nitrogen and oxygen atoms in total. The number of aliphatic hydroxyl groups excluding tert-OH is 1. The maximum atomic E-state index is 13.6. The van der Waals surface area contributed by atoms with Gasteiger partial charge in [-0.2, -0.15) is 0 Å². The number of carbonyl (C=O) groups is 1. The summed E-state index contributed by atoms with van der Waals surface area (Å²) in [6, 6.07) is 3.58. The van der Waals surface area contributed by atoms with E-state index in [1.165, 1.54) is 18.4 Å². The summed E-state index contributed by atoms with van der Waals surface area (Å²) in [4.78, 5) is 54.0. The number of aryl methyl sites for hydroxylation is 1. The Bertz CT molecular complexity index is 1560. The third-order valence-corrected chi connectivity index (χ3v) is 7.37. The highest BCUT2D eigenvalue weighted by atomic mass is 32.1. The molecular formula is C23H25N5O5S. The van der Waals surface area contributed by atoms with Crippen molar-refractivity contribution >= 4 is 38.5 Å². The number of hydroxylamine groups is 2. The van der Waals surface area contributed by atoms with Crippen molar-refractivity contribution in [3.63, 3.8) is 0 Å². The van der Waals surface area contributed by atoms with E-state index in [4.69, 9.17) is 4.84 Å². The molecule has 5 rings (SSSR count). The monoisotopic (exact) mass is 483 g/mol. The molecule has 0 aliphatic carbocycles. The number of hydrogen-bond donors (Lipinski definition) is 2. The van der Waals surface area contributed by atoms with Gasteiger partial charge in [0.15, 0.2) is 0 Å². The average Bonchev–Trinajstić information content (AvgIpc) is 3.47. The number of nitrogens with zero attached hydrogens (tertiary/aromatic N) is 4. The van der Waals surface area contributed by atoms with Gasteiger partial charge in [-0.1, -0.05) is 0 Å². The SMILES string of the molecule is Cc1[nH]c2ncccc2c1Cc1sc2c(c1C(=O)N1C[C@H](O)CO1)c(=O)n(C)c(=O)n2C(C)C. The molecule has 1 aliphatic heterocycles. The van der Waals surface area contributed by atoms with Gasteiger partial charge in [0.2, 0.25) is 0 Å². The van der Waals surface area contributed by atoms with Crippen LogP contribution in [0.15, 0.2) is 27.9 Å². The largest absolute Gasteiger partial charge is 0.389 e. The maximum absolute atomic E-state index is 13.6. The van der Waals surface area contributed by atoms with E-state index in [0.717, 1.165) is 31.9 Å². The van der Waals surface area contributed by atoms with Crippen molar-refractivity contribution in [2.45, 2.75) is 39.3 Å². The predicted octanol–water partition coefficient (Wildman–Crippen LogP) is 1.87. The van der Waals surface area contributed by atoms with Crippen molar-refractivity contribution in [3.8, 4) is 0 Å². The number of aliphatic hydroxyl groups is 1. The molecule has 0 bridgehead atoms. The molecule has 0 spiro atoms. The quantitative estimate of drug-likeness (QED) is 0.457. The molecule has 4 aromatic heterocycles. The Kier molecular flexibility index (Phi) is 5.42. The van der Waals surface area contributed by atoms with Gasteiger partial charge in [0, 0.05) is 41.7 Å². The Labute approximate surface area is 198 Å². The fourth-order valence-corrected chi connectivity index (χ4v) is 5.89. The van der Waals surface area contributed by atoms with Crippen molar-refractivity contribution < 1.29 is 14.7 Å². The third kappa shape index (κ3) is 3.39. The highest BCUT2D eigenvalue weighted by molar-refractivity contribution is 7.19. The molecule has 1 saturated heterocycles. The molecule has 11 heteroatoms. The van der Waals surface area contributed by atoms with E-state index in [1.807, 2.05) is 32.9 Å². The summed E-state index contributed by atoms with van der Waals surface area (Å²) >= 11 is 1.27. The molecule has 0 aromatic carbocycles. The van der Waals surface area contributed by atoms with Gasteiger partial charge in [0.25, 0.3) is 11.5 Å². The van der Waals surface area contributed by atoms with Crippen LogP contribution in [0.1, 0.15) is 46.4 Å². The number of aromatic amines is 1. The maximum Gasteiger partial charge on any atom is 0.332 e. The number of rotatable bonds is 4. The van der Waals surface area contributed by atoms with Crippen molar-refractivity contribution in [2.24, 2.45) is 7.05 Å². The van der Waals surface area contributed by atoms with Gasteiger partial charge in [-0.25, -0.2) is 14.8 Å². The fraction of sp³-hybridized carbons (Fsp3) is 0.391. The summed E-state index contributed by atoms with van der Waals surface area (Å²) in [5.41, 5.74) is 1.86. The summed E-state index contributed by atoms with van der Waals surface area (Å²) < 4.78 is 2.58. The van der Waals surface area contributed by atoms with Crippen molar-refractivity contribution in [1.29, 1.82) is 0 Å². The first-order valence-corrected chi connectivity index (χ1v) is 11.8. The van der Waals surface area contributed by atoms with Crippen LogP contribution in [0.2, 0.25) is 0 Å². The number of thiophene rings is 1. The van der Waals surface area contributed by atoms with Crippen molar-refractivity contribution in [1.82, 2.24) is 24.2 Å². The first kappa shape index (κ1) is 22.5. The molecule has 0 radical (unpaired) electrons. The topological polar surface area (TPSA) is 122 Å². The number of H-pyrrole nitrogens is 1. The van der Waals surface area contributed by atoms with Crippen molar-refractivity contribution in [3.05, 3.63) is 60.9 Å². The molecule has 178 valence electrons. The lowest BCUT2D eigenvalue weighted by atomic mass is 10.0. The van der Waals surface area contributed by atoms with Crippen molar-refractivity contribution in [2.75, 3.05) is 13.2 Å². The Morgan fingerprint density at radius 2 is 2.15 bits per heavy atom. The number of nitrogens with one attached hydrogen (secondary N) is 1. The van der Waals surface area contributed by atoms with Gasteiger partial charge in [-0.3, -0.25) is 23.6 Å². The second kappa shape index (κ2) is 8.19. The predicted molar refractivity (Wildman–Crippen MR) is 128 cm³/mol. The zero-order chi connectivity index (χ0) is 24.3. The number of fused-ring (bicyclic) bond motifs is 2. The van der Waals surface area contributed by atoms with Crippen LogP contribution in [0.25, 0.3) is 21.3 Å². The van der Waals surface area contributed by atoms with Gasteiger partial charge in [-0.15, -0.1) is 11.3 Å². The molecular weight excluding hydrogens is 458 g/mol. The Balaban J connectivity index is 1.80. The minimum absolute atomic E-state index is 0.00504. The molecule has 5 heterocycles. The van der Waals surface area contributed by atoms with Gasteiger partial charge in [0.1, 0.15) is 23.2 Å². The van der Waals surface area contributed by atoms with E-state index in [9.17, 15) is 19.5 Å². The lowest BCUT2D eigenvalue weighted by Crippen LogP contribution is -2.39. The van der Waals surface area contributed by atoms with E-state index in [0.29, 0.717) is 16.1 Å². The fourth-order valence-electron chi connectivity index (χ4n) is 4.47. The normalized spacial score (nSPS) is 16.4. The van der Waals surface area contributed by atoms with E-state index >= 15 is 0 Å². The molecule has 1 amide bonds. The summed E-state index contributed by atoms with van der Waals surface area (Å²) in [6.45, 7) is 5.68. The number of hydrogen-bond acceptors (Lipinski definition) is 7. The minimum atomic E-state index is -0.795. The lowest BCUT2D eigenvalue weighted by Gasteiger charge is -2.15. The van der Waals surface area contributed by atoms with E-state index < -0.39 is 23.3 Å². The first-order valence-electron chi connectivity index (χ1n) is 11.0. The smallest absolute Gasteiger partial charge is 0.332 e. The molecule has 1 fully saturated rings. The summed E-state index contributed by atoms with van der Waals surface area (Å²) in [7, 11) is 1.42. The summed E-state index contributed by atoms with van der Waals surface area (Å²) in [6.07, 6.45) is 1.28. The number of β-amino-alcohol motifs (C(OH)–C–C–N with tert-alkyl or cyclic N) is 1. The molecule has 0 saturated carbocycles. The van der Waals surface area contributed by atoms with E-state index in [-0.39, 0.29) is 30.1 Å². The Morgan fingerprint density at radius 3 is 2.82 bits per heavy atom. The van der Waals surface area contributed by atoms with Crippen LogP contribution in [-0.4, -0.2) is 54.4 Å². The zero-order valence-electron chi connectivity index (χ0n) is 19.3. The summed E-state index contributed by atoms with van der Waals surface area (Å²) in [5, 5.41) is 12.1. The van der Waals surface area contributed by atoms with Crippen LogP contribution < -0.4 is 11.2 Å². The van der Waals surface area contributed by atoms with Gasteiger partial charge in [0.05, 0.1) is 17.5 Å². The van der Waals surface area contributed by atoms with Crippen LogP contribution in [-0.2, 0) is 18.3 Å². The standard InChI is InChI=1S/C23H25N5O5S/c1-11(2)28-22-18(20(30)26(4)23(28)32)17(21(31)27-9-13(29)10-33-27)16(34-22)8-15-12(3)25-19-14(15)6-5-7-24-19/h5-7,11,13,29H,8-10H2,1-4H3,(H,24,25)/t13-/m0/s1. The molecule has 2 N–H and O–H groups in total. The molecule has 1 atom stereocenters. The van der Waals surface area contributed by atoms with E-state index in [1.54, 1.807) is 10.8 Å². The van der Waals surface area contributed by atoms with Crippen LogP contribution in [0.4, 0.5) is 0 Å². The Hall–Kier alpha value is -3.28. The lowest BCUT2D eigenvalue weighted by molar-refractivity contribution is -0.0778. The highest BCUT2D eigenvalue weighted by Gasteiger charge is 2.33. The second-order valence-electron chi connectivity index (χ2n) is 8.81. The zero-order valence-corrected chi connectivity index (χ0v) is 20.1. The molecule has 1 aliphatic rings. The minimum Gasteiger partial charge on any atom is -0.389 e. The Morgan fingerprint density at radius 1 is 1.38 bits per heavy atom. The average molecular weight is 484 g/mol. The van der Waals surface area contributed by atoms with Gasteiger partial charge in [-0.05, 0) is 38.5 Å². The molecule has 34 heavy (non-hydrogen) atoms. The van der Waals surface area contributed by atoms with Gasteiger partial charge < -0.3 is 10.1 Å². The van der Waals surface area contributed by atoms with Crippen LogP contribution in [0.5, 0.6) is 0 Å². The first-order chi connectivity index (χ1) is 16.2. The van der Waals surface area contributed by atoms with Gasteiger partial charge >= 0.3 is 5.69 Å². The number of amides is 1. The van der Waals surface area contributed by atoms with E-state index in [2.05, 4.69) is 9.97 Å². The van der Waals surface area contributed by atoms with Crippen LogP contribution in [0.3, 0.4) is 0 Å². The number of pyridine rings is 1. The third-order valence-electron chi connectivity index (χ3n) is 6.18. The number of carbonyl (C=O) groups excluding carboxylic acids is 1. The van der Waals surface area contributed by atoms with Crippen LogP contribution >= 0.6 is 11.3 Å².